The minimum atomic E-state index is 0. The fraction of sp³-hybridized carbons (Fsp3) is 0.586. The molecule has 0 nitrogen and oxygen atoms in total. The van der Waals surface area contributed by atoms with Gasteiger partial charge in [-0.05, 0) is 107 Å². The Kier molecular flexibility index (Phi) is 6.94. The average Bonchev–Trinajstić information content (AvgIpc) is 3.05. The van der Waals surface area contributed by atoms with Crippen molar-refractivity contribution in [3.63, 3.8) is 0 Å². The van der Waals surface area contributed by atoms with Gasteiger partial charge in [-0.1, -0.05) is 61.6 Å². The minimum absolute atomic E-state index is 0. The van der Waals surface area contributed by atoms with Crippen LogP contribution in [0, 0.1) is 5.41 Å². The van der Waals surface area contributed by atoms with Gasteiger partial charge in [0.05, 0.1) is 0 Å². The standard InChI is InChI=1S/C29H40.Hf/c1-8-9-14-29(18-28(7)22(5)20(3)21(4)23(28)6)19(2)15-26-16-24-12-10-11-13-25(24)17-27(26)29;/h15-17H,8-14,18H2,1-7H3;. The number of unbranched alkanes of at least 4 members (excludes halogenated alkanes) is 1. The van der Waals surface area contributed by atoms with E-state index in [1.54, 1.807) is 33.4 Å². The molecule has 160 valence electrons. The first-order chi connectivity index (χ1) is 13.7. The van der Waals surface area contributed by atoms with E-state index in [1.165, 1.54) is 68.1 Å². The van der Waals surface area contributed by atoms with E-state index in [2.05, 4.69) is 66.7 Å². The second kappa shape index (κ2) is 8.68. The van der Waals surface area contributed by atoms with Crippen molar-refractivity contribution in [1.29, 1.82) is 0 Å². The molecular weight excluding hydrogens is 527 g/mol. The van der Waals surface area contributed by atoms with Gasteiger partial charge < -0.3 is 0 Å². The van der Waals surface area contributed by atoms with E-state index in [0.717, 1.165) is 0 Å². The normalized spacial score (nSPS) is 24.6. The van der Waals surface area contributed by atoms with Gasteiger partial charge in [0.2, 0.25) is 0 Å². The third kappa shape index (κ3) is 3.52. The van der Waals surface area contributed by atoms with Gasteiger partial charge in [0.1, 0.15) is 0 Å². The van der Waals surface area contributed by atoms with Gasteiger partial charge in [0, 0.05) is 36.7 Å². The van der Waals surface area contributed by atoms with Crippen LogP contribution in [0.3, 0.4) is 0 Å². The van der Waals surface area contributed by atoms with Crippen LogP contribution in [0.4, 0.5) is 0 Å². The quantitative estimate of drug-likeness (QED) is 0.313. The molecule has 0 bridgehead atoms. The summed E-state index contributed by atoms with van der Waals surface area (Å²) < 4.78 is 0. The fourth-order valence-corrected chi connectivity index (χ4v) is 6.60. The second-order valence-corrected chi connectivity index (χ2v) is 10.4. The average molecular weight is 567 g/mol. The summed E-state index contributed by atoms with van der Waals surface area (Å²) in [5, 5.41) is 0. The van der Waals surface area contributed by atoms with E-state index in [1.807, 2.05) is 0 Å². The van der Waals surface area contributed by atoms with E-state index in [-0.39, 0.29) is 36.7 Å². The Hall–Kier alpha value is -0.690. The SMILES string of the molecule is CCCCC1(CC2(C)C(C)=C(C)C(C)=C2C)C(C)=Cc2cc3c(cc21)CCCC3.[Hf]. The summed E-state index contributed by atoms with van der Waals surface area (Å²) in [4.78, 5) is 0. The number of fused-ring (bicyclic) bond motifs is 2. The van der Waals surface area contributed by atoms with Crippen LogP contribution in [0.1, 0.15) is 109 Å². The van der Waals surface area contributed by atoms with Gasteiger partial charge in [-0.15, -0.1) is 0 Å². The van der Waals surface area contributed by atoms with Crippen molar-refractivity contribution < 1.29 is 25.8 Å². The summed E-state index contributed by atoms with van der Waals surface area (Å²) in [5.74, 6) is 0. The molecular formula is C29H40Hf. The zero-order chi connectivity index (χ0) is 21.0. The zero-order valence-corrected chi connectivity index (χ0v) is 24.0. The Morgan fingerprint density at radius 1 is 0.867 bits per heavy atom. The Bertz CT molecular complexity index is 915. The van der Waals surface area contributed by atoms with Crippen molar-refractivity contribution in [2.75, 3.05) is 0 Å². The number of aryl methyl sites for hydroxylation is 2. The molecule has 4 rings (SSSR count). The number of benzene rings is 1. The van der Waals surface area contributed by atoms with Crippen molar-refractivity contribution in [1.82, 2.24) is 0 Å². The van der Waals surface area contributed by atoms with Gasteiger partial charge in [-0.25, -0.2) is 0 Å². The summed E-state index contributed by atoms with van der Waals surface area (Å²) in [6, 6.07) is 5.20. The van der Waals surface area contributed by atoms with Crippen molar-refractivity contribution in [2.45, 2.75) is 105 Å². The molecule has 1 aromatic rings. The zero-order valence-electron chi connectivity index (χ0n) is 20.4. The minimum Gasteiger partial charge on any atom is -0.0654 e. The number of allylic oxidation sites excluding steroid dienone is 5. The Labute approximate surface area is 204 Å². The smallest absolute Gasteiger partial charge is 0.0179 e. The van der Waals surface area contributed by atoms with Gasteiger partial charge in [0.25, 0.3) is 0 Å². The molecule has 1 heteroatoms. The Balaban J connectivity index is 0.00000256. The fourth-order valence-electron chi connectivity index (χ4n) is 6.60. The summed E-state index contributed by atoms with van der Waals surface area (Å²) in [6.45, 7) is 16.7. The van der Waals surface area contributed by atoms with Gasteiger partial charge in [0.15, 0.2) is 0 Å². The first-order valence-corrected chi connectivity index (χ1v) is 12.0. The molecule has 0 N–H and O–H groups in total. The van der Waals surface area contributed by atoms with Crippen LogP contribution in [-0.2, 0) is 44.1 Å². The van der Waals surface area contributed by atoms with Crippen LogP contribution in [0.25, 0.3) is 6.08 Å². The molecule has 3 aliphatic rings. The van der Waals surface area contributed by atoms with Gasteiger partial charge >= 0.3 is 0 Å². The third-order valence-corrected chi connectivity index (χ3v) is 9.11. The van der Waals surface area contributed by atoms with E-state index in [0.29, 0.717) is 0 Å². The van der Waals surface area contributed by atoms with E-state index in [4.69, 9.17) is 0 Å². The first kappa shape index (κ1) is 24.0. The number of rotatable bonds is 5. The molecule has 0 radical (unpaired) electrons. The largest absolute Gasteiger partial charge is 0.0654 e. The van der Waals surface area contributed by atoms with Crippen LogP contribution in [0.15, 0.2) is 40.0 Å². The molecule has 1 atom stereocenters. The number of hydrogen-bond acceptors (Lipinski definition) is 0. The topological polar surface area (TPSA) is 0 Å². The van der Waals surface area contributed by atoms with Crippen molar-refractivity contribution in [3.05, 3.63) is 62.3 Å². The van der Waals surface area contributed by atoms with Crippen molar-refractivity contribution in [3.8, 4) is 0 Å². The van der Waals surface area contributed by atoms with Crippen LogP contribution in [0.5, 0.6) is 0 Å². The van der Waals surface area contributed by atoms with Gasteiger partial charge in [-0.2, -0.15) is 0 Å². The predicted molar refractivity (Wildman–Crippen MR) is 127 cm³/mol. The van der Waals surface area contributed by atoms with Crippen molar-refractivity contribution >= 4 is 6.08 Å². The summed E-state index contributed by atoms with van der Waals surface area (Å²) in [5.41, 5.74) is 14.7. The molecule has 1 aromatic carbocycles. The van der Waals surface area contributed by atoms with Crippen molar-refractivity contribution in [2.24, 2.45) is 5.41 Å². The maximum absolute atomic E-state index is 2.64. The Morgan fingerprint density at radius 3 is 2.00 bits per heavy atom. The first-order valence-electron chi connectivity index (χ1n) is 12.0. The van der Waals surface area contributed by atoms with Gasteiger partial charge in [-0.3, -0.25) is 0 Å². The van der Waals surface area contributed by atoms with E-state index < -0.39 is 0 Å². The summed E-state index contributed by atoms with van der Waals surface area (Å²) in [6.07, 6.45) is 12.9. The molecule has 3 aliphatic carbocycles. The molecule has 0 aliphatic heterocycles. The molecule has 0 heterocycles. The van der Waals surface area contributed by atoms with Crippen LogP contribution < -0.4 is 0 Å². The predicted octanol–water partition coefficient (Wildman–Crippen LogP) is 8.49. The molecule has 0 fully saturated rings. The third-order valence-electron chi connectivity index (χ3n) is 9.11. The molecule has 0 saturated carbocycles. The van der Waals surface area contributed by atoms with Crippen LogP contribution >= 0.6 is 0 Å². The van der Waals surface area contributed by atoms with Crippen LogP contribution in [-0.4, -0.2) is 0 Å². The summed E-state index contributed by atoms with van der Waals surface area (Å²) >= 11 is 0. The molecule has 0 aromatic heterocycles. The Morgan fingerprint density at radius 2 is 1.43 bits per heavy atom. The molecule has 0 spiro atoms. The van der Waals surface area contributed by atoms with E-state index >= 15 is 0 Å². The molecule has 0 saturated heterocycles. The second-order valence-electron chi connectivity index (χ2n) is 10.4. The summed E-state index contributed by atoms with van der Waals surface area (Å²) in [7, 11) is 0. The number of hydrogen-bond donors (Lipinski definition) is 0. The molecule has 0 amide bonds. The van der Waals surface area contributed by atoms with Crippen LogP contribution in [0.2, 0.25) is 0 Å². The molecule has 30 heavy (non-hydrogen) atoms. The maximum Gasteiger partial charge on any atom is 0.0179 e. The monoisotopic (exact) mass is 568 g/mol. The maximum atomic E-state index is 2.64. The van der Waals surface area contributed by atoms with E-state index in [9.17, 15) is 0 Å². The molecule has 1 unspecified atom stereocenters.